The minimum atomic E-state index is -0.843. The van der Waals surface area contributed by atoms with Gasteiger partial charge in [0.05, 0.1) is 25.4 Å². The summed E-state index contributed by atoms with van der Waals surface area (Å²) in [5.74, 6) is -0.0480. The second-order valence-corrected chi connectivity index (χ2v) is 24.9. The van der Waals surface area contributed by atoms with Gasteiger partial charge in [0.15, 0.2) is 0 Å². The fourth-order valence-electron chi connectivity index (χ4n) is 11.4. The zero-order chi connectivity index (χ0) is 57.8. The van der Waals surface area contributed by atoms with Crippen LogP contribution in [-0.4, -0.2) is 47.4 Å². The quantitative estimate of drug-likeness (QED) is 0.0320. The Balaban J connectivity index is 3.37. The van der Waals surface area contributed by atoms with Gasteiger partial charge in [0.1, 0.15) is 0 Å². The molecule has 0 radical (unpaired) electrons. The minimum absolute atomic E-state index is 0.0181. The molecular formula is C74H141NO5. The number of unbranched alkanes of at least 4 members (excludes halogenated alkanes) is 53. The third-order valence-electron chi connectivity index (χ3n) is 16.9. The van der Waals surface area contributed by atoms with Crippen molar-refractivity contribution in [2.45, 2.75) is 411 Å². The number of ether oxygens (including phenoxy) is 1. The molecule has 6 nitrogen and oxygen atoms in total. The second kappa shape index (κ2) is 69.6. The molecule has 0 bridgehead atoms. The van der Waals surface area contributed by atoms with Gasteiger partial charge in [-0.3, -0.25) is 9.59 Å². The van der Waals surface area contributed by atoms with E-state index in [-0.39, 0.29) is 18.5 Å². The Morgan fingerprint density at radius 2 is 0.625 bits per heavy atom. The lowest BCUT2D eigenvalue weighted by Crippen LogP contribution is -2.45. The van der Waals surface area contributed by atoms with Crippen molar-refractivity contribution in [2.24, 2.45) is 0 Å². The molecule has 3 N–H and O–H groups in total. The van der Waals surface area contributed by atoms with Crippen LogP contribution in [0.4, 0.5) is 0 Å². The number of hydrogen-bond acceptors (Lipinski definition) is 5. The first-order valence-electron chi connectivity index (χ1n) is 36.3. The van der Waals surface area contributed by atoms with E-state index in [0.29, 0.717) is 19.4 Å². The Hall–Kier alpha value is -1.92. The van der Waals surface area contributed by atoms with Crippen molar-refractivity contribution in [3.05, 3.63) is 36.5 Å². The summed E-state index contributed by atoms with van der Waals surface area (Å²) in [7, 11) is 0. The molecule has 0 rings (SSSR count). The molecule has 0 heterocycles. The Bertz CT molecular complexity index is 1300. The molecule has 0 aromatic rings. The fraction of sp³-hybridized carbons (Fsp3) is 0.892. The first-order valence-corrected chi connectivity index (χ1v) is 36.3. The highest BCUT2D eigenvalue weighted by Gasteiger charge is 2.18. The average molecular weight is 1120 g/mol. The van der Waals surface area contributed by atoms with E-state index in [9.17, 15) is 19.8 Å². The topological polar surface area (TPSA) is 95.9 Å². The molecule has 0 fully saturated rings. The van der Waals surface area contributed by atoms with E-state index >= 15 is 0 Å². The standard InChI is InChI=1S/C74H141NO5/c1-3-5-7-9-11-13-15-17-18-19-33-37-40-44-48-52-56-60-64-68-74(79)80-69-65-61-57-53-49-45-41-38-35-32-30-28-26-24-22-20-21-23-25-27-29-31-34-36-39-43-47-51-55-59-63-67-73(78)75-71(70-76)72(77)66-62-58-54-50-46-42-16-14-12-10-8-6-4-2/h22,24,28,30,62,66,71-72,76-77H,3-21,23,25-27,29,31-61,63-65,67-70H2,1-2H3,(H,75,78)/b24-22-,30-28-,66-62+. The van der Waals surface area contributed by atoms with Crippen LogP contribution >= 0.6 is 0 Å². The van der Waals surface area contributed by atoms with Crippen molar-refractivity contribution in [1.29, 1.82) is 0 Å². The van der Waals surface area contributed by atoms with Gasteiger partial charge in [-0.15, -0.1) is 0 Å². The molecule has 0 aliphatic rings. The van der Waals surface area contributed by atoms with Gasteiger partial charge in [-0.05, 0) is 64.2 Å². The van der Waals surface area contributed by atoms with Gasteiger partial charge in [0.2, 0.25) is 5.91 Å². The molecule has 0 saturated heterocycles. The highest BCUT2D eigenvalue weighted by Crippen LogP contribution is 2.19. The maximum atomic E-state index is 12.5. The number of aliphatic hydroxyl groups excluding tert-OH is 2. The molecule has 472 valence electrons. The van der Waals surface area contributed by atoms with E-state index in [1.54, 1.807) is 6.08 Å². The monoisotopic (exact) mass is 1120 g/mol. The van der Waals surface area contributed by atoms with Crippen molar-refractivity contribution < 1.29 is 24.5 Å². The molecule has 2 unspecified atom stereocenters. The van der Waals surface area contributed by atoms with E-state index in [1.165, 1.54) is 327 Å². The van der Waals surface area contributed by atoms with Gasteiger partial charge in [-0.25, -0.2) is 0 Å². The van der Waals surface area contributed by atoms with Crippen LogP contribution in [0.1, 0.15) is 399 Å². The van der Waals surface area contributed by atoms with E-state index in [1.807, 2.05) is 6.08 Å². The number of carbonyl (C=O) groups is 2. The molecule has 6 heteroatoms. The summed E-state index contributed by atoms with van der Waals surface area (Å²) in [6, 6.07) is -0.627. The highest BCUT2D eigenvalue weighted by molar-refractivity contribution is 5.76. The molecule has 0 aromatic carbocycles. The summed E-state index contributed by atoms with van der Waals surface area (Å²) in [5, 5.41) is 23.1. The highest BCUT2D eigenvalue weighted by atomic mass is 16.5. The third kappa shape index (κ3) is 65.2. The summed E-state index contributed by atoms with van der Waals surface area (Å²) in [4.78, 5) is 24.6. The number of aliphatic hydroxyl groups is 2. The molecule has 80 heavy (non-hydrogen) atoms. The molecule has 2 atom stereocenters. The summed E-state index contributed by atoms with van der Waals surface area (Å²) in [6.45, 7) is 4.93. The maximum Gasteiger partial charge on any atom is 0.305 e. The summed E-state index contributed by atoms with van der Waals surface area (Å²) < 4.78 is 5.51. The van der Waals surface area contributed by atoms with Crippen LogP contribution < -0.4 is 5.32 Å². The normalized spacial score (nSPS) is 12.7. The first kappa shape index (κ1) is 78.1. The Kier molecular flexibility index (Phi) is 67.9. The zero-order valence-corrected chi connectivity index (χ0v) is 54.1. The first-order chi connectivity index (χ1) is 39.5. The lowest BCUT2D eigenvalue weighted by atomic mass is 10.0. The molecule has 1 amide bonds. The van der Waals surface area contributed by atoms with Crippen molar-refractivity contribution >= 4 is 11.9 Å². The van der Waals surface area contributed by atoms with Crippen LogP contribution in [0.15, 0.2) is 36.5 Å². The molecule has 0 aliphatic carbocycles. The summed E-state index contributed by atoms with van der Waals surface area (Å²) >= 11 is 0. The number of nitrogens with one attached hydrogen (secondary N) is 1. The van der Waals surface area contributed by atoms with Crippen LogP contribution in [-0.2, 0) is 14.3 Å². The predicted octanol–water partition coefficient (Wildman–Crippen LogP) is 23.5. The van der Waals surface area contributed by atoms with Crippen molar-refractivity contribution in [2.75, 3.05) is 13.2 Å². The summed E-state index contributed by atoms with van der Waals surface area (Å²) in [5.41, 5.74) is 0. The van der Waals surface area contributed by atoms with Gasteiger partial charge in [-0.2, -0.15) is 0 Å². The molecule has 0 aromatic heterocycles. The van der Waals surface area contributed by atoms with Gasteiger partial charge >= 0.3 is 5.97 Å². The second-order valence-electron chi connectivity index (χ2n) is 24.9. The maximum absolute atomic E-state index is 12.5. The molecule has 0 aliphatic heterocycles. The van der Waals surface area contributed by atoms with E-state index in [2.05, 4.69) is 43.5 Å². The lowest BCUT2D eigenvalue weighted by molar-refractivity contribution is -0.143. The SMILES string of the molecule is CCCCCCCCCCCCC/C=C/C(O)C(CO)NC(=O)CCCCCCCCCCCCCCCCC/C=C\C/C=C\CCCCCCCCCCCOC(=O)CCCCCCCCCCCCCCCCCCCCC. The van der Waals surface area contributed by atoms with Crippen LogP contribution in [0, 0.1) is 0 Å². The Morgan fingerprint density at radius 3 is 0.950 bits per heavy atom. The molecule has 0 saturated carbocycles. The van der Waals surface area contributed by atoms with Crippen molar-refractivity contribution in [1.82, 2.24) is 5.32 Å². The predicted molar refractivity (Wildman–Crippen MR) is 352 cm³/mol. The summed E-state index contributed by atoms with van der Waals surface area (Å²) in [6.07, 6.45) is 89.5. The van der Waals surface area contributed by atoms with Crippen LogP contribution in [0.2, 0.25) is 0 Å². The number of amides is 1. The third-order valence-corrected chi connectivity index (χ3v) is 16.9. The van der Waals surface area contributed by atoms with Gasteiger partial charge < -0.3 is 20.3 Å². The Labute approximate surface area is 500 Å². The van der Waals surface area contributed by atoms with E-state index in [0.717, 1.165) is 44.9 Å². The average Bonchev–Trinajstić information content (AvgIpc) is 3.46. The Morgan fingerprint density at radius 1 is 0.350 bits per heavy atom. The molecular weight excluding hydrogens is 983 g/mol. The van der Waals surface area contributed by atoms with Crippen molar-refractivity contribution in [3.63, 3.8) is 0 Å². The smallest absolute Gasteiger partial charge is 0.305 e. The minimum Gasteiger partial charge on any atom is -0.466 e. The zero-order valence-electron chi connectivity index (χ0n) is 54.1. The van der Waals surface area contributed by atoms with Gasteiger partial charge in [0, 0.05) is 12.8 Å². The van der Waals surface area contributed by atoms with Crippen LogP contribution in [0.25, 0.3) is 0 Å². The molecule has 0 spiro atoms. The fourth-order valence-corrected chi connectivity index (χ4v) is 11.4. The van der Waals surface area contributed by atoms with E-state index in [4.69, 9.17) is 4.74 Å². The number of allylic oxidation sites excluding steroid dienone is 5. The number of carbonyl (C=O) groups excluding carboxylic acids is 2. The van der Waals surface area contributed by atoms with Gasteiger partial charge in [0.25, 0.3) is 0 Å². The lowest BCUT2D eigenvalue weighted by Gasteiger charge is -2.20. The van der Waals surface area contributed by atoms with Gasteiger partial charge in [-0.1, -0.05) is 359 Å². The number of hydrogen-bond donors (Lipinski definition) is 3. The number of rotatable bonds is 68. The van der Waals surface area contributed by atoms with Crippen molar-refractivity contribution in [3.8, 4) is 0 Å². The van der Waals surface area contributed by atoms with E-state index < -0.39 is 12.1 Å². The largest absolute Gasteiger partial charge is 0.466 e. The van der Waals surface area contributed by atoms with Crippen LogP contribution in [0.3, 0.4) is 0 Å². The van der Waals surface area contributed by atoms with Crippen LogP contribution in [0.5, 0.6) is 0 Å². The number of esters is 1.